The molecule has 0 spiro atoms. The van der Waals surface area contributed by atoms with E-state index in [2.05, 4.69) is 26.6 Å². The normalized spacial score (nSPS) is 32.1. The van der Waals surface area contributed by atoms with E-state index in [0.717, 1.165) is 10.9 Å². The molecule has 1 aromatic rings. The van der Waals surface area contributed by atoms with E-state index in [1.165, 1.54) is 19.3 Å². The summed E-state index contributed by atoms with van der Waals surface area (Å²) in [7, 11) is 0. The number of carbonyl (C=O) groups is 1. The van der Waals surface area contributed by atoms with E-state index in [4.69, 9.17) is 5.73 Å². The Morgan fingerprint density at radius 3 is 3.00 bits per heavy atom. The van der Waals surface area contributed by atoms with Gasteiger partial charge in [0.05, 0.1) is 16.9 Å². The molecule has 2 bridgehead atoms. The molecule has 1 aromatic carbocycles. The molecular formula is C15H20BrN3O. The zero-order valence-corrected chi connectivity index (χ0v) is 13.2. The van der Waals surface area contributed by atoms with Crippen molar-refractivity contribution in [2.45, 2.75) is 44.2 Å². The van der Waals surface area contributed by atoms with Gasteiger partial charge < -0.3 is 16.4 Å². The van der Waals surface area contributed by atoms with Crippen molar-refractivity contribution in [1.82, 2.24) is 5.32 Å². The van der Waals surface area contributed by atoms with Crippen LogP contribution in [-0.4, -0.2) is 17.5 Å². The molecule has 1 aliphatic heterocycles. The Balaban J connectivity index is 1.75. The molecule has 1 heterocycles. The molecule has 4 N–H and O–H groups in total. The summed E-state index contributed by atoms with van der Waals surface area (Å²) in [4.78, 5) is 12.6. The van der Waals surface area contributed by atoms with Gasteiger partial charge in [-0.15, -0.1) is 0 Å². The summed E-state index contributed by atoms with van der Waals surface area (Å²) in [5, 5.41) is 6.48. The van der Waals surface area contributed by atoms with Crippen LogP contribution in [0.15, 0.2) is 22.7 Å². The number of benzene rings is 1. The number of amides is 1. The molecule has 20 heavy (non-hydrogen) atoms. The maximum absolute atomic E-state index is 12.6. The van der Waals surface area contributed by atoms with Crippen molar-refractivity contribution in [3.63, 3.8) is 0 Å². The predicted molar refractivity (Wildman–Crippen MR) is 84.5 cm³/mol. The molecule has 1 saturated carbocycles. The number of piperidine rings is 1. The number of nitrogens with one attached hydrogen (secondary N) is 2. The first-order chi connectivity index (χ1) is 9.46. The Morgan fingerprint density at radius 2 is 2.30 bits per heavy atom. The van der Waals surface area contributed by atoms with Gasteiger partial charge in [0, 0.05) is 10.5 Å². The SMILES string of the molecule is CC1(C(=O)Nc2ccc(Br)cc2N)C[C@H]2CC[C@H](C2)N1. The Morgan fingerprint density at radius 1 is 1.50 bits per heavy atom. The molecule has 0 aromatic heterocycles. The van der Waals surface area contributed by atoms with Gasteiger partial charge in [-0.05, 0) is 56.7 Å². The zero-order chi connectivity index (χ0) is 14.3. The molecule has 0 radical (unpaired) electrons. The number of halogens is 1. The van der Waals surface area contributed by atoms with Crippen LogP contribution in [0, 0.1) is 5.92 Å². The van der Waals surface area contributed by atoms with Crippen molar-refractivity contribution in [2.75, 3.05) is 11.1 Å². The number of anilines is 2. The summed E-state index contributed by atoms with van der Waals surface area (Å²) in [5.74, 6) is 0.697. The largest absolute Gasteiger partial charge is 0.397 e. The van der Waals surface area contributed by atoms with E-state index in [-0.39, 0.29) is 5.91 Å². The second kappa shape index (κ2) is 5.04. The van der Waals surface area contributed by atoms with E-state index in [9.17, 15) is 4.79 Å². The van der Waals surface area contributed by atoms with Crippen LogP contribution in [0.4, 0.5) is 11.4 Å². The van der Waals surface area contributed by atoms with Gasteiger partial charge in [0.2, 0.25) is 5.91 Å². The van der Waals surface area contributed by atoms with Crippen molar-refractivity contribution < 1.29 is 4.79 Å². The quantitative estimate of drug-likeness (QED) is 0.727. The van der Waals surface area contributed by atoms with E-state index in [1.807, 2.05) is 19.1 Å². The fourth-order valence-electron chi connectivity index (χ4n) is 3.54. The van der Waals surface area contributed by atoms with Crippen LogP contribution in [0.25, 0.3) is 0 Å². The number of hydrogen-bond acceptors (Lipinski definition) is 3. The summed E-state index contributed by atoms with van der Waals surface area (Å²) in [6.45, 7) is 2.00. The monoisotopic (exact) mass is 337 g/mol. The van der Waals surface area contributed by atoms with Crippen LogP contribution >= 0.6 is 15.9 Å². The highest BCUT2D eigenvalue weighted by Crippen LogP contribution is 2.39. The molecule has 5 heteroatoms. The fraction of sp³-hybridized carbons (Fsp3) is 0.533. The summed E-state index contributed by atoms with van der Waals surface area (Å²) in [6, 6.07) is 6.01. The first-order valence-corrected chi connectivity index (χ1v) is 7.90. The molecular weight excluding hydrogens is 318 g/mol. The summed E-state index contributed by atoms with van der Waals surface area (Å²) in [6.07, 6.45) is 4.55. The van der Waals surface area contributed by atoms with Gasteiger partial charge in [0.1, 0.15) is 0 Å². The zero-order valence-electron chi connectivity index (χ0n) is 11.6. The molecule has 1 amide bonds. The Kier molecular flexibility index (Phi) is 3.50. The number of nitrogens with two attached hydrogens (primary N) is 1. The second-order valence-corrected chi connectivity index (χ2v) is 7.16. The lowest BCUT2D eigenvalue weighted by molar-refractivity contribution is -0.123. The van der Waals surface area contributed by atoms with Crippen LogP contribution in [-0.2, 0) is 4.79 Å². The van der Waals surface area contributed by atoms with Crippen molar-refractivity contribution in [3.05, 3.63) is 22.7 Å². The molecule has 3 rings (SSSR count). The molecule has 3 atom stereocenters. The highest BCUT2D eigenvalue weighted by atomic mass is 79.9. The third-order valence-electron chi connectivity index (χ3n) is 4.52. The minimum absolute atomic E-state index is 0.0168. The summed E-state index contributed by atoms with van der Waals surface area (Å²) < 4.78 is 0.910. The maximum Gasteiger partial charge on any atom is 0.244 e. The number of nitrogen functional groups attached to an aromatic ring is 1. The minimum Gasteiger partial charge on any atom is -0.397 e. The third kappa shape index (κ3) is 2.56. The second-order valence-electron chi connectivity index (χ2n) is 6.24. The van der Waals surface area contributed by atoms with Crippen LogP contribution in [0.2, 0.25) is 0 Å². The van der Waals surface area contributed by atoms with Gasteiger partial charge in [-0.25, -0.2) is 0 Å². The first kappa shape index (κ1) is 13.9. The lowest BCUT2D eigenvalue weighted by Crippen LogP contribution is -2.58. The van der Waals surface area contributed by atoms with E-state index in [1.54, 1.807) is 6.07 Å². The van der Waals surface area contributed by atoms with Gasteiger partial charge in [-0.1, -0.05) is 15.9 Å². The van der Waals surface area contributed by atoms with Crippen LogP contribution in [0.1, 0.15) is 32.6 Å². The fourth-order valence-corrected chi connectivity index (χ4v) is 3.92. The van der Waals surface area contributed by atoms with Crippen molar-refractivity contribution >= 4 is 33.2 Å². The third-order valence-corrected chi connectivity index (χ3v) is 5.02. The Hall–Kier alpha value is -1.07. The van der Waals surface area contributed by atoms with Crippen LogP contribution in [0.3, 0.4) is 0 Å². The first-order valence-electron chi connectivity index (χ1n) is 7.10. The van der Waals surface area contributed by atoms with E-state index < -0.39 is 5.54 Å². The highest BCUT2D eigenvalue weighted by Gasteiger charge is 2.44. The highest BCUT2D eigenvalue weighted by molar-refractivity contribution is 9.10. The minimum atomic E-state index is -0.483. The van der Waals surface area contributed by atoms with Gasteiger partial charge in [-0.2, -0.15) is 0 Å². The summed E-state index contributed by atoms with van der Waals surface area (Å²) >= 11 is 3.37. The lowest BCUT2D eigenvalue weighted by atomic mass is 9.83. The van der Waals surface area contributed by atoms with E-state index >= 15 is 0 Å². The maximum atomic E-state index is 12.6. The average molecular weight is 338 g/mol. The van der Waals surface area contributed by atoms with Crippen molar-refractivity contribution in [1.29, 1.82) is 0 Å². The number of fused-ring (bicyclic) bond motifs is 2. The topological polar surface area (TPSA) is 67.2 Å². The number of carbonyl (C=O) groups excluding carboxylic acids is 1. The van der Waals surface area contributed by atoms with Crippen LogP contribution in [0.5, 0.6) is 0 Å². The van der Waals surface area contributed by atoms with Crippen molar-refractivity contribution in [3.8, 4) is 0 Å². The molecule has 1 unspecified atom stereocenters. The summed E-state index contributed by atoms with van der Waals surface area (Å²) in [5.41, 5.74) is 6.72. The lowest BCUT2D eigenvalue weighted by Gasteiger charge is -2.37. The predicted octanol–water partition coefficient (Wildman–Crippen LogP) is 2.89. The average Bonchev–Trinajstić information content (AvgIpc) is 2.72. The number of rotatable bonds is 2. The molecule has 2 fully saturated rings. The van der Waals surface area contributed by atoms with E-state index in [0.29, 0.717) is 23.3 Å². The molecule has 4 nitrogen and oxygen atoms in total. The Labute approximate surface area is 127 Å². The van der Waals surface area contributed by atoms with Crippen LogP contribution < -0.4 is 16.4 Å². The Bertz CT molecular complexity index is 534. The molecule has 108 valence electrons. The van der Waals surface area contributed by atoms with Gasteiger partial charge >= 0.3 is 0 Å². The van der Waals surface area contributed by atoms with Gasteiger partial charge in [-0.3, -0.25) is 4.79 Å². The number of hydrogen-bond donors (Lipinski definition) is 3. The smallest absolute Gasteiger partial charge is 0.244 e. The van der Waals surface area contributed by atoms with Crippen molar-refractivity contribution in [2.24, 2.45) is 5.92 Å². The molecule has 1 saturated heterocycles. The van der Waals surface area contributed by atoms with Gasteiger partial charge in [0.25, 0.3) is 0 Å². The standard InChI is InChI=1S/C15H20BrN3O/c1-15(8-9-2-4-11(6-9)19-15)14(20)18-13-5-3-10(16)7-12(13)17/h3,5,7,9,11,19H,2,4,6,8,17H2,1H3,(H,18,20)/t9-,11+,15?/m0/s1. The van der Waals surface area contributed by atoms with Gasteiger partial charge in [0.15, 0.2) is 0 Å². The molecule has 1 aliphatic carbocycles. The molecule has 2 aliphatic rings.